The molecule has 2 fully saturated rings. The highest BCUT2D eigenvalue weighted by atomic mass is 32.2. The van der Waals surface area contributed by atoms with E-state index < -0.39 is 5.97 Å². The number of thiocarbonyl (C=S) groups is 1. The third kappa shape index (κ3) is 4.98. The van der Waals surface area contributed by atoms with Gasteiger partial charge in [-0.1, -0.05) is 48.2 Å². The molecule has 4 rings (SSSR count). The molecule has 0 aliphatic carbocycles. The van der Waals surface area contributed by atoms with Crippen molar-refractivity contribution in [3.63, 3.8) is 0 Å². The van der Waals surface area contributed by atoms with Crippen LogP contribution in [-0.2, 0) is 9.53 Å². The maximum Gasteiger partial charge on any atom is 0.343 e. The van der Waals surface area contributed by atoms with Gasteiger partial charge in [-0.2, -0.15) is 0 Å². The van der Waals surface area contributed by atoms with E-state index in [1.165, 1.54) is 18.9 Å². The Labute approximate surface area is 190 Å². The predicted octanol–water partition coefficient (Wildman–Crippen LogP) is 4.29. The monoisotopic (exact) mass is 455 g/mol. The quantitative estimate of drug-likeness (QED) is 0.279. The molecule has 2 aromatic rings. The van der Waals surface area contributed by atoms with Crippen LogP contribution in [0.15, 0.2) is 53.4 Å². The first kappa shape index (κ1) is 21.5. The topological polar surface area (TPSA) is 65.1 Å². The van der Waals surface area contributed by atoms with Gasteiger partial charge in [0.05, 0.1) is 30.2 Å². The maximum atomic E-state index is 12.8. The van der Waals surface area contributed by atoms with E-state index in [9.17, 15) is 9.59 Å². The average Bonchev–Trinajstić information content (AvgIpc) is 3.39. The number of methoxy groups -OCH3 is 1. The number of hydrogen-bond donors (Lipinski definition) is 0. The maximum absolute atomic E-state index is 12.8. The number of esters is 1. The molecule has 0 N–H and O–H groups in total. The Balaban J connectivity index is 1.49. The largest absolute Gasteiger partial charge is 0.493 e. The number of ether oxygens (including phenoxy) is 3. The summed E-state index contributed by atoms with van der Waals surface area (Å²) in [7, 11) is 1.50. The molecule has 1 amide bonds. The van der Waals surface area contributed by atoms with Crippen molar-refractivity contribution < 1.29 is 23.8 Å². The minimum absolute atomic E-state index is 0.0422. The Hall–Kier alpha value is -2.68. The van der Waals surface area contributed by atoms with Gasteiger partial charge in [0.1, 0.15) is 4.32 Å². The van der Waals surface area contributed by atoms with E-state index >= 15 is 0 Å². The molecule has 1 unspecified atom stereocenters. The van der Waals surface area contributed by atoms with Crippen LogP contribution >= 0.6 is 24.0 Å². The van der Waals surface area contributed by atoms with Gasteiger partial charge in [0, 0.05) is 6.61 Å². The molecule has 2 aliphatic rings. The molecule has 31 heavy (non-hydrogen) atoms. The Kier molecular flexibility index (Phi) is 6.70. The third-order valence-corrected chi connectivity index (χ3v) is 6.36. The fourth-order valence-electron chi connectivity index (χ4n) is 3.39. The van der Waals surface area contributed by atoms with Gasteiger partial charge in [-0.15, -0.1) is 0 Å². The predicted molar refractivity (Wildman–Crippen MR) is 123 cm³/mol. The van der Waals surface area contributed by atoms with Crippen molar-refractivity contribution >= 4 is 46.3 Å². The number of carbonyl (C=O) groups excluding carboxylic acids is 2. The van der Waals surface area contributed by atoms with Crippen molar-refractivity contribution in [3.05, 3.63) is 64.6 Å². The van der Waals surface area contributed by atoms with Gasteiger partial charge in [-0.25, -0.2) is 4.79 Å². The highest BCUT2D eigenvalue weighted by Gasteiger charge is 2.34. The highest BCUT2D eigenvalue weighted by molar-refractivity contribution is 8.26. The molecule has 2 aromatic carbocycles. The van der Waals surface area contributed by atoms with Crippen molar-refractivity contribution in [2.24, 2.45) is 0 Å². The Morgan fingerprint density at radius 2 is 2.06 bits per heavy atom. The van der Waals surface area contributed by atoms with E-state index in [1.807, 2.05) is 6.07 Å². The summed E-state index contributed by atoms with van der Waals surface area (Å²) < 4.78 is 17.0. The summed E-state index contributed by atoms with van der Waals surface area (Å²) >= 11 is 6.67. The molecule has 2 heterocycles. The van der Waals surface area contributed by atoms with Gasteiger partial charge in [0.25, 0.3) is 5.91 Å². The number of benzene rings is 2. The van der Waals surface area contributed by atoms with E-state index in [1.54, 1.807) is 53.4 Å². The normalized spacial score (nSPS) is 19.8. The van der Waals surface area contributed by atoms with E-state index in [2.05, 4.69) is 0 Å². The second kappa shape index (κ2) is 9.64. The zero-order chi connectivity index (χ0) is 21.8. The second-order valence-corrected chi connectivity index (χ2v) is 8.77. The summed E-state index contributed by atoms with van der Waals surface area (Å²) in [6.07, 6.45) is 3.76. The summed E-state index contributed by atoms with van der Waals surface area (Å²) in [6, 6.07) is 13.9. The van der Waals surface area contributed by atoms with Crippen LogP contribution in [0.25, 0.3) is 6.08 Å². The molecule has 2 saturated heterocycles. The Bertz CT molecular complexity index is 1030. The van der Waals surface area contributed by atoms with Crippen LogP contribution in [0.4, 0.5) is 0 Å². The SMILES string of the molecule is COc1cc(/C=C2/SC(=S)N(CC3CCCO3)C2=O)ccc1OC(=O)c1ccccc1. The molecule has 6 nitrogen and oxygen atoms in total. The van der Waals surface area contributed by atoms with E-state index in [-0.39, 0.29) is 12.0 Å². The molecule has 8 heteroatoms. The number of hydrogen-bond acceptors (Lipinski definition) is 7. The van der Waals surface area contributed by atoms with Crippen molar-refractivity contribution in [2.45, 2.75) is 18.9 Å². The summed E-state index contributed by atoms with van der Waals surface area (Å²) in [4.78, 5) is 27.3. The lowest BCUT2D eigenvalue weighted by molar-refractivity contribution is -0.123. The lowest BCUT2D eigenvalue weighted by Crippen LogP contribution is -2.35. The first-order chi connectivity index (χ1) is 15.0. The number of amides is 1. The van der Waals surface area contributed by atoms with Gasteiger partial charge < -0.3 is 14.2 Å². The summed E-state index contributed by atoms with van der Waals surface area (Å²) in [5, 5.41) is 0. The number of nitrogens with zero attached hydrogens (tertiary/aromatic N) is 1. The van der Waals surface area contributed by atoms with E-state index in [4.69, 9.17) is 26.4 Å². The first-order valence-electron chi connectivity index (χ1n) is 9.87. The molecule has 0 bridgehead atoms. The number of carbonyl (C=O) groups is 2. The van der Waals surface area contributed by atoms with Gasteiger partial charge in [0.15, 0.2) is 11.5 Å². The first-order valence-corrected chi connectivity index (χ1v) is 11.1. The van der Waals surface area contributed by atoms with Crippen molar-refractivity contribution in [1.29, 1.82) is 0 Å². The molecule has 0 radical (unpaired) electrons. The van der Waals surface area contributed by atoms with Crippen LogP contribution < -0.4 is 9.47 Å². The zero-order valence-electron chi connectivity index (χ0n) is 16.9. The fraction of sp³-hybridized carbons (Fsp3) is 0.261. The van der Waals surface area contributed by atoms with Gasteiger partial charge in [-0.3, -0.25) is 9.69 Å². The van der Waals surface area contributed by atoms with Crippen LogP contribution in [0.2, 0.25) is 0 Å². The van der Waals surface area contributed by atoms with Gasteiger partial charge in [-0.05, 0) is 48.7 Å². The molecular formula is C23H21NO5S2. The van der Waals surface area contributed by atoms with Crippen LogP contribution in [-0.4, -0.2) is 47.5 Å². The Morgan fingerprint density at radius 1 is 1.26 bits per heavy atom. The van der Waals surface area contributed by atoms with Crippen LogP contribution in [0.5, 0.6) is 11.5 Å². The summed E-state index contributed by atoms with van der Waals surface area (Å²) in [5.41, 5.74) is 1.19. The highest BCUT2D eigenvalue weighted by Crippen LogP contribution is 2.35. The molecule has 2 aliphatic heterocycles. The minimum Gasteiger partial charge on any atom is -0.493 e. The standard InChI is InChI=1S/C23H21NO5S2/c1-27-19-12-15(9-10-18(19)29-22(26)16-6-3-2-4-7-16)13-20-21(25)24(23(30)31-20)14-17-8-5-11-28-17/h2-4,6-7,9-10,12-13,17H,5,8,11,14H2,1H3/b20-13+. The summed E-state index contributed by atoms with van der Waals surface area (Å²) in [6.45, 7) is 1.22. The molecule has 0 saturated carbocycles. The van der Waals surface area contributed by atoms with Crippen LogP contribution in [0.1, 0.15) is 28.8 Å². The molecule has 0 aromatic heterocycles. The van der Waals surface area contributed by atoms with Crippen molar-refractivity contribution in [1.82, 2.24) is 4.90 Å². The number of rotatable bonds is 6. The van der Waals surface area contributed by atoms with Crippen molar-refractivity contribution in [2.75, 3.05) is 20.3 Å². The van der Waals surface area contributed by atoms with Crippen LogP contribution in [0, 0.1) is 0 Å². The molecule has 1 atom stereocenters. The second-order valence-electron chi connectivity index (χ2n) is 7.09. The van der Waals surface area contributed by atoms with Crippen molar-refractivity contribution in [3.8, 4) is 11.5 Å². The van der Waals surface area contributed by atoms with Gasteiger partial charge >= 0.3 is 5.97 Å². The van der Waals surface area contributed by atoms with E-state index in [0.29, 0.717) is 32.8 Å². The zero-order valence-corrected chi connectivity index (χ0v) is 18.5. The van der Waals surface area contributed by atoms with Crippen LogP contribution in [0.3, 0.4) is 0 Å². The lowest BCUT2D eigenvalue weighted by atomic mass is 10.1. The lowest BCUT2D eigenvalue weighted by Gasteiger charge is -2.18. The Morgan fingerprint density at radius 3 is 2.77 bits per heavy atom. The van der Waals surface area contributed by atoms with Gasteiger partial charge in [0.2, 0.25) is 0 Å². The summed E-state index contributed by atoms with van der Waals surface area (Å²) in [5.74, 6) is 0.109. The fourth-order valence-corrected chi connectivity index (χ4v) is 4.67. The molecule has 160 valence electrons. The van der Waals surface area contributed by atoms with E-state index in [0.717, 1.165) is 25.0 Å². The third-order valence-electron chi connectivity index (χ3n) is 4.98. The molecule has 0 spiro atoms. The average molecular weight is 456 g/mol. The molecular weight excluding hydrogens is 434 g/mol. The number of thioether (sulfide) groups is 1. The minimum atomic E-state index is -0.471. The smallest absolute Gasteiger partial charge is 0.343 e.